The monoisotopic (exact) mass is 311 g/mol. The second kappa shape index (κ2) is 8.13. The van der Waals surface area contributed by atoms with Gasteiger partial charge in [-0.15, -0.1) is 0 Å². The summed E-state index contributed by atoms with van der Waals surface area (Å²) in [6, 6.07) is 19.0. The number of carbonyl (C=O) groups excluding carboxylic acids is 2. The summed E-state index contributed by atoms with van der Waals surface area (Å²) >= 11 is 0. The van der Waals surface area contributed by atoms with Crippen molar-refractivity contribution in [3.63, 3.8) is 0 Å². The normalized spacial score (nSPS) is 13.0. The van der Waals surface area contributed by atoms with Gasteiger partial charge in [0.1, 0.15) is 6.10 Å². The van der Waals surface area contributed by atoms with Crippen LogP contribution in [0, 0.1) is 0 Å². The zero-order valence-corrected chi connectivity index (χ0v) is 13.4. The Kier molecular flexibility index (Phi) is 5.92. The third kappa shape index (κ3) is 5.25. The number of hydrogen-bond donors (Lipinski definition) is 1. The van der Waals surface area contributed by atoms with Crippen molar-refractivity contribution in [2.45, 2.75) is 32.4 Å². The maximum absolute atomic E-state index is 11.5. The van der Waals surface area contributed by atoms with Crippen molar-refractivity contribution in [3.05, 3.63) is 71.8 Å². The molecule has 120 valence electrons. The molecule has 0 spiro atoms. The smallest absolute Gasteiger partial charge is 0.303 e. The Balaban J connectivity index is 2.26. The van der Waals surface area contributed by atoms with Crippen molar-refractivity contribution < 1.29 is 14.3 Å². The third-order valence-corrected chi connectivity index (χ3v) is 3.51. The van der Waals surface area contributed by atoms with Crippen LogP contribution in [0.1, 0.15) is 43.5 Å². The molecule has 0 aromatic heterocycles. The van der Waals surface area contributed by atoms with Gasteiger partial charge in [-0.05, 0) is 11.1 Å². The molecule has 4 heteroatoms. The minimum absolute atomic E-state index is 0.117. The molecule has 4 nitrogen and oxygen atoms in total. The highest BCUT2D eigenvalue weighted by Crippen LogP contribution is 2.29. The number of benzene rings is 2. The van der Waals surface area contributed by atoms with Gasteiger partial charge in [0.15, 0.2) is 0 Å². The topological polar surface area (TPSA) is 55.4 Å². The molecular weight excluding hydrogens is 290 g/mol. The first-order valence-corrected chi connectivity index (χ1v) is 7.60. The van der Waals surface area contributed by atoms with Gasteiger partial charge in [-0.25, -0.2) is 0 Å². The number of nitrogens with one attached hydrogen (secondary N) is 1. The van der Waals surface area contributed by atoms with E-state index in [9.17, 15) is 9.59 Å². The minimum atomic E-state index is -0.411. The van der Waals surface area contributed by atoms with E-state index in [0.29, 0.717) is 6.42 Å². The highest BCUT2D eigenvalue weighted by atomic mass is 16.5. The Morgan fingerprint density at radius 3 is 1.91 bits per heavy atom. The van der Waals surface area contributed by atoms with Crippen molar-refractivity contribution >= 4 is 11.9 Å². The molecule has 0 aliphatic carbocycles. The zero-order valence-electron chi connectivity index (χ0n) is 13.4. The summed E-state index contributed by atoms with van der Waals surface area (Å²) < 4.78 is 5.48. The number of ether oxygens (including phenoxy) is 1. The van der Waals surface area contributed by atoms with Crippen molar-refractivity contribution in [1.29, 1.82) is 0 Å². The molecule has 1 N–H and O–H groups in total. The Hall–Kier alpha value is -2.62. The van der Waals surface area contributed by atoms with Crippen LogP contribution in [0.3, 0.4) is 0 Å². The molecular formula is C19H21NO3. The summed E-state index contributed by atoms with van der Waals surface area (Å²) in [5.74, 6) is -0.457. The maximum atomic E-state index is 11.5. The van der Waals surface area contributed by atoms with Gasteiger partial charge in [-0.1, -0.05) is 60.7 Å². The van der Waals surface area contributed by atoms with Gasteiger partial charge in [0.05, 0.1) is 6.04 Å². The van der Waals surface area contributed by atoms with Gasteiger partial charge in [-0.3, -0.25) is 9.59 Å². The molecule has 0 heterocycles. The highest BCUT2D eigenvalue weighted by molar-refractivity contribution is 5.73. The second-order valence-corrected chi connectivity index (χ2v) is 5.41. The fourth-order valence-electron chi connectivity index (χ4n) is 2.54. The summed E-state index contributed by atoms with van der Waals surface area (Å²) in [6.07, 6.45) is 0.0680. The van der Waals surface area contributed by atoms with E-state index in [4.69, 9.17) is 4.74 Å². The molecule has 2 atom stereocenters. The van der Waals surface area contributed by atoms with E-state index >= 15 is 0 Å². The lowest BCUT2D eigenvalue weighted by molar-refractivity contribution is -0.147. The maximum Gasteiger partial charge on any atom is 0.303 e. The molecule has 0 aliphatic rings. The van der Waals surface area contributed by atoms with Gasteiger partial charge in [0.2, 0.25) is 5.91 Å². The molecule has 2 aromatic rings. The Morgan fingerprint density at radius 2 is 1.43 bits per heavy atom. The number of hydrogen-bond acceptors (Lipinski definition) is 3. The van der Waals surface area contributed by atoms with Gasteiger partial charge < -0.3 is 10.1 Å². The van der Waals surface area contributed by atoms with Crippen LogP contribution < -0.4 is 5.32 Å². The van der Waals surface area contributed by atoms with E-state index in [1.54, 1.807) is 0 Å². The van der Waals surface area contributed by atoms with Crippen LogP contribution in [-0.2, 0) is 14.3 Å². The number of amides is 1. The molecule has 2 aromatic carbocycles. The fourth-order valence-corrected chi connectivity index (χ4v) is 2.54. The van der Waals surface area contributed by atoms with Crippen LogP contribution >= 0.6 is 0 Å². The van der Waals surface area contributed by atoms with E-state index in [-0.39, 0.29) is 17.9 Å². The zero-order chi connectivity index (χ0) is 16.7. The van der Waals surface area contributed by atoms with Crippen molar-refractivity contribution in [2.75, 3.05) is 0 Å². The standard InChI is InChI=1S/C19H21NO3/c1-14(21)20-18(16-9-5-3-6-10-16)13-19(23-15(2)22)17-11-7-4-8-12-17/h3-12,18-19H,13H2,1-2H3,(H,20,21). The van der Waals surface area contributed by atoms with Gasteiger partial charge in [-0.2, -0.15) is 0 Å². The lowest BCUT2D eigenvalue weighted by atomic mass is 9.96. The predicted octanol–water partition coefficient (Wildman–Crippen LogP) is 3.56. The summed E-state index contributed by atoms with van der Waals surface area (Å²) in [7, 11) is 0. The number of carbonyl (C=O) groups is 2. The van der Waals surface area contributed by atoms with Gasteiger partial charge >= 0.3 is 5.97 Å². The van der Waals surface area contributed by atoms with Crippen LogP contribution in [0.2, 0.25) is 0 Å². The van der Waals surface area contributed by atoms with E-state index in [1.165, 1.54) is 13.8 Å². The van der Waals surface area contributed by atoms with Crippen LogP contribution in [0.25, 0.3) is 0 Å². The average Bonchev–Trinajstić information content (AvgIpc) is 2.54. The molecule has 0 radical (unpaired) electrons. The molecule has 2 unspecified atom stereocenters. The third-order valence-electron chi connectivity index (χ3n) is 3.51. The molecule has 0 saturated heterocycles. The Labute approximate surface area is 136 Å². The Morgan fingerprint density at radius 1 is 0.913 bits per heavy atom. The summed E-state index contributed by atoms with van der Waals surface area (Å²) in [6.45, 7) is 2.88. The molecule has 23 heavy (non-hydrogen) atoms. The van der Waals surface area contributed by atoms with Crippen molar-refractivity contribution in [2.24, 2.45) is 0 Å². The van der Waals surface area contributed by atoms with E-state index in [2.05, 4.69) is 5.32 Å². The van der Waals surface area contributed by atoms with E-state index in [0.717, 1.165) is 11.1 Å². The minimum Gasteiger partial charge on any atom is -0.458 e. The van der Waals surface area contributed by atoms with Crippen LogP contribution in [0.4, 0.5) is 0 Å². The van der Waals surface area contributed by atoms with Gasteiger partial charge in [0, 0.05) is 20.3 Å². The predicted molar refractivity (Wildman–Crippen MR) is 88.6 cm³/mol. The quantitative estimate of drug-likeness (QED) is 0.830. The van der Waals surface area contributed by atoms with Crippen molar-refractivity contribution in [3.8, 4) is 0 Å². The van der Waals surface area contributed by atoms with Gasteiger partial charge in [0.25, 0.3) is 0 Å². The molecule has 0 saturated carbocycles. The second-order valence-electron chi connectivity index (χ2n) is 5.41. The average molecular weight is 311 g/mol. The summed E-state index contributed by atoms with van der Waals surface area (Å²) in [5.41, 5.74) is 1.89. The highest BCUT2D eigenvalue weighted by Gasteiger charge is 2.22. The first-order valence-electron chi connectivity index (χ1n) is 7.60. The summed E-state index contributed by atoms with van der Waals surface area (Å²) in [4.78, 5) is 23.0. The first-order chi connectivity index (χ1) is 11.1. The number of esters is 1. The van der Waals surface area contributed by atoms with E-state index in [1.807, 2.05) is 60.7 Å². The van der Waals surface area contributed by atoms with E-state index < -0.39 is 6.10 Å². The molecule has 2 rings (SSSR count). The lowest BCUT2D eigenvalue weighted by Gasteiger charge is -2.24. The molecule has 0 bridgehead atoms. The molecule has 1 amide bonds. The lowest BCUT2D eigenvalue weighted by Crippen LogP contribution is -2.28. The molecule has 0 fully saturated rings. The first kappa shape index (κ1) is 16.7. The van der Waals surface area contributed by atoms with Crippen molar-refractivity contribution in [1.82, 2.24) is 5.32 Å². The number of rotatable bonds is 6. The van der Waals surface area contributed by atoms with Crippen LogP contribution in [-0.4, -0.2) is 11.9 Å². The Bertz CT molecular complexity index is 583. The van der Waals surface area contributed by atoms with Crippen LogP contribution in [0.15, 0.2) is 60.7 Å². The molecule has 0 aliphatic heterocycles. The SMILES string of the molecule is CC(=O)NC(CC(OC(C)=O)c1ccccc1)c1ccccc1. The largest absolute Gasteiger partial charge is 0.458 e. The summed E-state index contributed by atoms with van der Waals surface area (Å²) in [5, 5.41) is 2.94. The van der Waals surface area contributed by atoms with Crippen LogP contribution in [0.5, 0.6) is 0 Å². The fraction of sp³-hybridized carbons (Fsp3) is 0.263.